The lowest BCUT2D eigenvalue weighted by Gasteiger charge is -2.11. The fourth-order valence-corrected chi connectivity index (χ4v) is 3.28. The molecule has 0 saturated heterocycles. The van der Waals surface area contributed by atoms with Crippen molar-refractivity contribution in [3.8, 4) is 0 Å². The van der Waals surface area contributed by atoms with Gasteiger partial charge in [-0.2, -0.15) is 0 Å². The summed E-state index contributed by atoms with van der Waals surface area (Å²) in [5.74, 6) is 0. The summed E-state index contributed by atoms with van der Waals surface area (Å²) in [7, 11) is -3.81. The molecule has 0 radical (unpaired) electrons. The highest BCUT2D eigenvalue weighted by atomic mass is 35.5. The van der Waals surface area contributed by atoms with Gasteiger partial charge < -0.3 is 5.11 Å². The molecule has 0 bridgehead atoms. The van der Waals surface area contributed by atoms with E-state index in [4.69, 9.17) is 28.3 Å². The Hall–Kier alpha value is -1.27. The average Bonchev–Trinajstić information content (AvgIpc) is 2.43. The zero-order valence-corrected chi connectivity index (χ0v) is 13.4. The van der Waals surface area contributed by atoms with Gasteiger partial charge >= 0.3 is 0 Å². The highest BCUT2D eigenvalue weighted by molar-refractivity contribution is 7.92. The van der Waals surface area contributed by atoms with E-state index in [0.717, 1.165) is 5.56 Å². The van der Waals surface area contributed by atoms with Gasteiger partial charge in [-0.25, -0.2) is 8.42 Å². The molecule has 2 rings (SSSR count). The summed E-state index contributed by atoms with van der Waals surface area (Å²) < 4.78 is 27.1. The van der Waals surface area contributed by atoms with Gasteiger partial charge in [0.2, 0.25) is 0 Å². The van der Waals surface area contributed by atoms with Crippen molar-refractivity contribution < 1.29 is 13.5 Å². The van der Waals surface area contributed by atoms with Crippen molar-refractivity contribution in [1.82, 2.24) is 0 Å². The molecular formula is C14H13Cl2NO3S. The van der Waals surface area contributed by atoms with Crippen LogP contribution < -0.4 is 4.72 Å². The number of aliphatic hydroxyl groups excluding tert-OH is 1. The largest absolute Gasteiger partial charge is 0.392 e. The van der Waals surface area contributed by atoms with Crippen molar-refractivity contribution in [1.29, 1.82) is 0 Å². The molecule has 0 heterocycles. The lowest BCUT2D eigenvalue weighted by molar-refractivity contribution is 0.281. The van der Waals surface area contributed by atoms with Crippen LogP contribution in [-0.2, 0) is 16.6 Å². The van der Waals surface area contributed by atoms with E-state index in [0.29, 0.717) is 21.3 Å². The van der Waals surface area contributed by atoms with Gasteiger partial charge in [-0.15, -0.1) is 0 Å². The van der Waals surface area contributed by atoms with E-state index in [9.17, 15) is 8.42 Å². The predicted octanol–water partition coefficient (Wildman–Crippen LogP) is 3.59. The Kier molecular flexibility index (Phi) is 4.78. The molecule has 0 atom stereocenters. The number of hydrogen-bond acceptors (Lipinski definition) is 3. The third-order valence-corrected chi connectivity index (χ3v) is 4.93. The van der Waals surface area contributed by atoms with E-state index in [1.165, 1.54) is 18.2 Å². The van der Waals surface area contributed by atoms with Crippen molar-refractivity contribution in [3.63, 3.8) is 0 Å². The first-order chi connectivity index (χ1) is 9.83. The van der Waals surface area contributed by atoms with Gasteiger partial charge in [-0.05, 0) is 48.4 Å². The minimum Gasteiger partial charge on any atom is -0.392 e. The fourth-order valence-electron chi connectivity index (χ4n) is 1.76. The number of aryl methyl sites for hydroxylation is 1. The Balaban J connectivity index is 2.41. The molecule has 0 spiro atoms. The van der Waals surface area contributed by atoms with E-state index >= 15 is 0 Å². The summed E-state index contributed by atoms with van der Waals surface area (Å²) in [4.78, 5) is 0.00789. The van der Waals surface area contributed by atoms with Crippen LogP contribution in [0.15, 0.2) is 41.3 Å². The number of halogens is 2. The van der Waals surface area contributed by atoms with Crippen LogP contribution in [0, 0.1) is 6.92 Å². The van der Waals surface area contributed by atoms with Gasteiger partial charge in [0, 0.05) is 5.02 Å². The normalized spacial score (nSPS) is 11.4. The standard InChI is InChI=1S/C14H13Cl2NO3S/c1-9-2-4-13(16)14(6-9)17-21(19,20)11-3-5-12(15)10(7-11)8-18/h2-7,17-18H,8H2,1H3. The Labute approximate surface area is 133 Å². The molecule has 0 unspecified atom stereocenters. The van der Waals surface area contributed by atoms with Gasteiger partial charge in [0.15, 0.2) is 0 Å². The minimum absolute atomic E-state index is 0.00789. The second-order valence-corrected chi connectivity index (χ2v) is 7.00. The van der Waals surface area contributed by atoms with Crippen molar-refractivity contribution in [2.45, 2.75) is 18.4 Å². The van der Waals surface area contributed by atoms with Crippen LogP contribution in [0.3, 0.4) is 0 Å². The Morgan fingerprint density at radius 3 is 2.43 bits per heavy atom. The number of rotatable bonds is 4. The zero-order chi connectivity index (χ0) is 15.6. The fraction of sp³-hybridized carbons (Fsp3) is 0.143. The van der Waals surface area contributed by atoms with Crippen LogP contribution in [0.5, 0.6) is 0 Å². The predicted molar refractivity (Wildman–Crippen MR) is 84.4 cm³/mol. The highest BCUT2D eigenvalue weighted by Crippen LogP contribution is 2.27. The van der Waals surface area contributed by atoms with E-state index in [1.54, 1.807) is 18.2 Å². The van der Waals surface area contributed by atoms with Gasteiger partial charge in [-0.1, -0.05) is 29.3 Å². The Morgan fingerprint density at radius 1 is 1.10 bits per heavy atom. The first kappa shape index (κ1) is 16.1. The molecule has 21 heavy (non-hydrogen) atoms. The summed E-state index contributed by atoms with van der Waals surface area (Å²) in [6, 6.07) is 9.17. The molecule has 2 aromatic rings. The second kappa shape index (κ2) is 6.23. The molecule has 2 N–H and O–H groups in total. The van der Waals surface area contributed by atoms with Gasteiger partial charge in [-0.3, -0.25) is 4.72 Å². The van der Waals surface area contributed by atoms with Crippen LogP contribution in [0.2, 0.25) is 10.0 Å². The van der Waals surface area contributed by atoms with Gasteiger partial charge in [0.1, 0.15) is 0 Å². The first-order valence-corrected chi connectivity index (χ1v) is 8.25. The summed E-state index contributed by atoms with van der Waals surface area (Å²) >= 11 is 11.8. The average molecular weight is 346 g/mol. The van der Waals surface area contributed by atoms with Crippen molar-refractivity contribution in [3.05, 3.63) is 57.6 Å². The molecule has 4 nitrogen and oxygen atoms in total. The molecule has 0 saturated carbocycles. The molecule has 0 amide bonds. The summed E-state index contributed by atoms with van der Waals surface area (Å²) in [6.45, 7) is 1.49. The molecule has 0 aliphatic rings. The molecular weight excluding hydrogens is 333 g/mol. The van der Waals surface area contributed by atoms with E-state index in [1.807, 2.05) is 6.92 Å². The van der Waals surface area contributed by atoms with E-state index in [-0.39, 0.29) is 11.5 Å². The maximum Gasteiger partial charge on any atom is 0.261 e. The number of aliphatic hydroxyl groups is 1. The molecule has 112 valence electrons. The first-order valence-electron chi connectivity index (χ1n) is 6.02. The lowest BCUT2D eigenvalue weighted by atomic mass is 10.2. The van der Waals surface area contributed by atoms with Crippen LogP contribution in [-0.4, -0.2) is 13.5 Å². The number of hydrogen-bond donors (Lipinski definition) is 2. The zero-order valence-electron chi connectivity index (χ0n) is 11.1. The van der Waals surface area contributed by atoms with Crippen LogP contribution in [0.4, 0.5) is 5.69 Å². The van der Waals surface area contributed by atoms with Crippen molar-refractivity contribution >= 4 is 38.9 Å². The van der Waals surface area contributed by atoms with Crippen molar-refractivity contribution in [2.75, 3.05) is 4.72 Å². The highest BCUT2D eigenvalue weighted by Gasteiger charge is 2.17. The summed E-state index contributed by atoms with van der Waals surface area (Å²) in [5.41, 5.74) is 1.52. The second-order valence-electron chi connectivity index (χ2n) is 4.50. The van der Waals surface area contributed by atoms with Crippen molar-refractivity contribution in [2.24, 2.45) is 0 Å². The molecule has 0 aliphatic heterocycles. The molecule has 2 aromatic carbocycles. The number of anilines is 1. The van der Waals surface area contributed by atoms with Crippen LogP contribution in [0.25, 0.3) is 0 Å². The monoisotopic (exact) mass is 345 g/mol. The molecule has 0 aliphatic carbocycles. The lowest BCUT2D eigenvalue weighted by Crippen LogP contribution is -2.13. The van der Waals surface area contributed by atoms with Crippen LogP contribution >= 0.6 is 23.2 Å². The summed E-state index contributed by atoms with van der Waals surface area (Å²) in [6.07, 6.45) is 0. The third-order valence-electron chi connectivity index (χ3n) is 2.86. The maximum absolute atomic E-state index is 12.4. The topological polar surface area (TPSA) is 66.4 Å². The van der Waals surface area contributed by atoms with Gasteiger partial charge in [0.25, 0.3) is 10.0 Å². The molecule has 7 heteroatoms. The summed E-state index contributed by atoms with van der Waals surface area (Å²) in [5, 5.41) is 9.77. The molecule has 0 fully saturated rings. The van der Waals surface area contributed by atoms with E-state index in [2.05, 4.69) is 4.72 Å². The maximum atomic E-state index is 12.4. The van der Waals surface area contributed by atoms with E-state index < -0.39 is 10.0 Å². The SMILES string of the molecule is Cc1ccc(Cl)c(NS(=O)(=O)c2ccc(Cl)c(CO)c2)c1. The number of sulfonamides is 1. The quantitative estimate of drug-likeness (QED) is 0.889. The Morgan fingerprint density at radius 2 is 1.76 bits per heavy atom. The van der Waals surface area contributed by atoms with Crippen LogP contribution in [0.1, 0.15) is 11.1 Å². The smallest absolute Gasteiger partial charge is 0.261 e. The number of benzene rings is 2. The Bertz CT molecular complexity index is 776. The minimum atomic E-state index is -3.81. The number of nitrogens with one attached hydrogen (secondary N) is 1. The van der Waals surface area contributed by atoms with Gasteiger partial charge in [0.05, 0.1) is 22.2 Å². The third kappa shape index (κ3) is 3.68. The molecule has 0 aromatic heterocycles.